The molecule has 1 aromatic rings. The molecule has 0 aliphatic rings. The number of hydrogen-bond donors (Lipinski definition) is 3. The van der Waals surface area contributed by atoms with Crippen LogP contribution >= 0.6 is 12.2 Å². The van der Waals surface area contributed by atoms with Gasteiger partial charge in [-0.1, -0.05) is 12.1 Å². The van der Waals surface area contributed by atoms with Crippen LogP contribution in [0.25, 0.3) is 0 Å². The number of phenols is 1. The van der Waals surface area contributed by atoms with Crippen molar-refractivity contribution in [1.82, 2.24) is 10.7 Å². The predicted octanol–water partition coefficient (Wildman–Crippen LogP) is 1.23. The zero-order valence-electron chi connectivity index (χ0n) is 10.2. The van der Waals surface area contributed by atoms with Gasteiger partial charge >= 0.3 is 0 Å². The molecule has 6 heteroatoms. The summed E-state index contributed by atoms with van der Waals surface area (Å²) in [5, 5.41) is 16.9. The Labute approximate surface area is 112 Å². The zero-order valence-corrected chi connectivity index (χ0v) is 11.0. The molecule has 0 aliphatic heterocycles. The first-order valence-corrected chi connectivity index (χ1v) is 5.98. The van der Waals surface area contributed by atoms with E-state index in [1.54, 1.807) is 25.3 Å². The van der Waals surface area contributed by atoms with Crippen molar-refractivity contribution in [1.29, 1.82) is 0 Å². The van der Waals surface area contributed by atoms with Crippen LogP contribution in [0.5, 0.6) is 5.75 Å². The first-order chi connectivity index (χ1) is 8.74. The number of rotatable bonds is 6. The molecule has 98 valence electrons. The van der Waals surface area contributed by atoms with Gasteiger partial charge in [-0.25, -0.2) is 0 Å². The number of hydrogen-bond acceptors (Lipinski definition) is 4. The molecule has 0 bridgehead atoms. The SMILES string of the molecule is COCCCNC(=S)N/N=C\c1ccccc1O. The van der Waals surface area contributed by atoms with Crippen LogP contribution in [-0.4, -0.2) is 36.7 Å². The van der Waals surface area contributed by atoms with Gasteiger partial charge < -0.3 is 15.2 Å². The van der Waals surface area contributed by atoms with Gasteiger partial charge in [0.2, 0.25) is 0 Å². The average Bonchev–Trinajstić information content (AvgIpc) is 2.37. The normalized spacial score (nSPS) is 10.5. The predicted molar refractivity (Wildman–Crippen MR) is 75.9 cm³/mol. The first-order valence-electron chi connectivity index (χ1n) is 5.58. The number of nitrogens with one attached hydrogen (secondary N) is 2. The first kappa shape index (κ1) is 14.4. The van der Waals surface area contributed by atoms with E-state index in [1.165, 1.54) is 6.21 Å². The molecule has 0 heterocycles. The number of phenolic OH excluding ortho intramolecular Hbond substituents is 1. The summed E-state index contributed by atoms with van der Waals surface area (Å²) in [5.74, 6) is 0.182. The quantitative estimate of drug-likeness (QED) is 0.313. The van der Waals surface area contributed by atoms with Gasteiger partial charge in [0.1, 0.15) is 5.75 Å². The monoisotopic (exact) mass is 267 g/mol. The number of nitrogens with zero attached hydrogens (tertiary/aromatic N) is 1. The van der Waals surface area contributed by atoms with Crippen molar-refractivity contribution in [3.05, 3.63) is 29.8 Å². The molecule has 0 amide bonds. The topological polar surface area (TPSA) is 65.9 Å². The number of hydrazone groups is 1. The Morgan fingerprint density at radius 1 is 1.50 bits per heavy atom. The van der Waals surface area contributed by atoms with E-state index < -0.39 is 0 Å². The van der Waals surface area contributed by atoms with Crippen molar-refractivity contribution in [2.75, 3.05) is 20.3 Å². The third kappa shape index (κ3) is 5.60. The van der Waals surface area contributed by atoms with Gasteiger partial charge in [-0.15, -0.1) is 0 Å². The maximum absolute atomic E-state index is 9.49. The fourth-order valence-corrected chi connectivity index (χ4v) is 1.37. The summed E-state index contributed by atoms with van der Waals surface area (Å²) in [4.78, 5) is 0. The Morgan fingerprint density at radius 3 is 3.00 bits per heavy atom. The van der Waals surface area contributed by atoms with Crippen molar-refractivity contribution in [3.8, 4) is 5.75 Å². The molecule has 18 heavy (non-hydrogen) atoms. The number of aromatic hydroxyl groups is 1. The third-order valence-electron chi connectivity index (χ3n) is 2.12. The fraction of sp³-hybridized carbons (Fsp3) is 0.333. The molecule has 0 spiro atoms. The minimum atomic E-state index is 0.182. The summed E-state index contributed by atoms with van der Waals surface area (Å²) in [5.41, 5.74) is 3.30. The smallest absolute Gasteiger partial charge is 0.186 e. The molecule has 1 rings (SSSR count). The van der Waals surface area contributed by atoms with Gasteiger partial charge in [-0.05, 0) is 30.8 Å². The van der Waals surface area contributed by atoms with Gasteiger partial charge in [0.15, 0.2) is 5.11 Å². The lowest BCUT2D eigenvalue weighted by atomic mass is 10.2. The Kier molecular flexibility index (Phi) is 6.75. The third-order valence-corrected chi connectivity index (χ3v) is 2.35. The van der Waals surface area contributed by atoms with Crippen LogP contribution in [-0.2, 0) is 4.74 Å². The van der Waals surface area contributed by atoms with Crippen LogP contribution < -0.4 is 10.7 Å². The lowest BCUT2D eigenvalue weighted by Gasteiger charge is -2.06. The summed E-state index contributed by atoms with van der Waals surface area (Å²) < 4.78 is 4.91. The van der Waals surface area contributed by atoms with Crippen LogP contribution in [0.4, 0.5) is 0 Å². The molecule has 3 N–H and O–H groups in total. The number of para-hydroxylation sites is 1. The van der Waals surface area contributed by atoms with Crippen LogP contribution in [0.2, 0.25) is 0 Å². The minimum Gasteiger partial charge on any atom is -0.507 e. The molecule has 1 aromatic carbocycles. The molecule has 0 radical (unpaired) electrons. The standard InChI is InChI=1S/C12H17N3O2S/c1-17-8-4-7-13-12(18)15-14-9-10-5-2-3-6-11(10)16/h2-3,5-6,9,16H,4,7-8H2,1H3,(H2,13,15,18)/b14-9-. The summed E-state index contributed by atoms with van der Waals surface area (Å²) >= 11 is 5.01. The largest absolute Gasteiger partial charge is 0.507 e. The molecule has 0 unspecified atom stereocenters. The zero-order chi connectivity index (χ0) is 13.2. The summed E-state index contributed by atoms with van der Waals surface area (Å²) in [7, 11) is 1.66. The number of methoxy groups -OCH3 is 1. The molecule has 0 aliphatic carbocycles. The molecular formula is C12H17N3O2S. The maximum Gasteiger partial charge on any atom is 0.186 e. The van der Waals surface area contributed by atoms with Crippen LogP contribution in [0.15, 0.2) is 29.4 Å². The molecule has 0 saturated heterocycles. The molecule has 5 nitrogen and oxygen atoms in total. The Hall–Kier alpha value is -1.66. The lowest BCUT2D eigenvalue weighted by molar-refractivity contribution is 0.195. The lowest BCUT2D eigenvalue weighted by Crippen LogP contribution is -2.33. The van der Waals surface area contributed by atoms with Gasteiger partial charge in [0.25, 0.3) is 0 Å². The van der Waals surface area contributed by atoms with Gasteiger partial charge in [-0.2, -0.15) is 5.10 Å². The van der Waals surface area contributed by atoms with Crippen LogP contribution in [0.1, 0.15) is 12.0 Å². The van der Waals surface area contributed by atoms with E-state index in [2.05, 4.69) is 15.8 Å². The Balaban J connectivity index is 2.28. The van der Waals surface area contributed by atoms with E-state index in [9.17, 15) is 5.11 Å². The molecule has 0 atom stereocenters. The molecular weight excluding hydrogens is 250 g/mol. The highest BCUT2D eigenvalue weighted by molar-refractivity contribution is 7.80. The number of ether oxygens (including phenoxy) is 1. The van der Waals surface area contributed by atoms with Crippen molar-refractivity contribution in [3.63, 3.8) is 0 Å². The second-order valence-corrected chi connectivity index (χ2v) is 3.94. The average molecular weight is 267 g/mol. The van der Waals surface area contributed by atoms with E-state index in [0.29, 0.717) is 17.3 Å². The van der Waals surface area contributed by atoms with Crippen molar-refractivity contribution < 1.29 is 9.84 Å². The highest BCUT2D eigenvalue weighted by Gasteiger charge is 1.95. The highest BCUT2D eigenvalue weighted by Crippen LogP contribution is 2.12. The van der Waals surface area contributed by atoms with Crippen molar-refractivity contribution >= 4 is 23.5 Å². The van der Waals surface area contributed by atoms with Crippen molar-refractivity contribution in [2.24, 2.45) is 5.10 Å². The van der Waals surface area contributed by atoms with E-state index in [-0.39, 0.29) is 5.75 Å². The molecule has 0 fully saturated rings. The van der Waals surface area contributed by atoms with Crippen LogP contribution in [0, 0.1) is 0 Å². The van der Waals surface area contributed by atoms with Gasteiger partial charge in [0, 0.05) is 25.8 Å². The second kappa shape index (κ2) is 8.43. The van der Waals surface area contributed by atoms with Crippen molar-refractivity contribution in [2.45, 2.75) is 6.42 Å². The van der Waals surface area contributed by atoms with E-state index in [1.807, 2.05) is 6.07 Å². The number of thiocarbonyl (C=S) groups is 1. The maximum atomic E-state index is 9.49. The van der Waals surface area contributed by atoms with E-state index >= 15 is 0 Å². The fourth-order valence-electron chi connectivity index (χ4n) is 1.22. The Bertz CT molecular complexity index is 410. The Morgan fingerprint density at radius 2 is 2.28 bits per heavy atom. The van der Waals surface area contributed by atoms with Crippen LogP contribution in [0.3, 0.4) is 0 Å². The van der Waals surface area contributed by atoms with Gasteiger partial charge in [0.05, 0.1) is 6.21 Å². The van der Waals surface area contributed by atoms with E-state index in [0.717, 1.165) is 13.0 Å². The minimum absolute atomic E-state index is 0.182. The van der Waals surface area contributed by atoms with E-state index in [4.69, 9.17) is 17.0 Å². The molecule has 0 aromatic heterocycles. The van der Waals surface area contributed by atoms with Gasteiger partial charge in [-0.3, -0.25) is 5.43 Å². The summed E-state index contributed by atoms with van der Waals surface area (Å²) in [6.07, 6.45) is 2.39. The second-order valence-electron chi connectivity index (χ2n) is 3.53. The summed E-state index contributed by atoms with van der Waals surface area (Å²) in [6.45, 7) is 1.42. The number of benzene rings is 1. The summed E-state index contributed by atoms with van der Waals surface area (Å²) in [6, 6.07) is 6.93. The highest BCUT2D eigenvalue weighted by atomic mass is 32.1. The molecule has 0 saturated carbocycles.